The predicted molar refractivity (Wildman–Crippen MR) is 85.1 cm³/mol. The highest BCUT2D eigenvalue weighted by atomic mass is 35.5. The molecule has 20 heavy (non-hydrogen) atoms. The van der Waals surface area contributed by atoms with Crippen molar-refractivity contribution in [2.45, 2.75) is 59.4 Å². The van der Waals surface area contributed by atoms with Gasteiger partial charge in [0, 0.05) is 19.8 Å². The molecule has 5 heteroatoms. The van der Waals surface area contributed by atoms with Crippen molar-refractivity contribution in [1.82, 2.24) is 5.32 Å². The summed E-state index contributed by atoms with van der Waals surface area (Å²) in [6.45, 7) is 10.3. The summed E-state index contributed by atoms with van der Waals surface area (Å²) in [5.74, 6) is -0.0322. The van der Waals surface area contributed by atoms with Gasteiger partial charge >= 0.3 is 0 Å². The Kier molecular flexibility index (Phi) is 8.07. The zero-order valence-electron chi connectivity index (χ0n) is 13.3. The van der Waals surface area contributed by atoms with Gasteiger partial charge in [-0.05, 0) is 37.0 Å². The summed E-state index contributed by atoms with van der Waals surface area (Å²) >= 11 is 0. The second-order valence-electron chi connectivity index (χ2n) is 6.86. The molecule has 0 spiro atoms. The zero-order chi connectivity index (χ0) is 14.5. The minimum Gasteiger partial charge on any atom is -0.382 e. The Labute approximate surface area is 129 Å². The SMILES string of the molecule is CCOCCC1(CNC(=O)[C@@H](N)C(C)(C)C)CCC1.Cl. The van der Waals surface area contributed by atoms with E-state index in [9.17, 15) is 4.79 Å². The van der Waals surface area contributed by atoms with Crippen LogP contribution in [0.3, 0.4) is 0 Å². The average Bonchev–Trinajstić information content (AvgIpc) is 2.29. The molecule has 1 fully saturated rings. The molecule has 1 atom stereocenters. The van der Waals surface area contributed by atoms with Crippen LogP contribution in [-0.2, 0) is 9.53 Å². The van der Waals surface area contributed by atoms with Gasteiger partial charge < -0.3 is 15.8 Å². The van der Waals surface area contributed by atoms with Crippen LogP contribution in [0.4, 0.5) is 0 Å². The van der Waals surface area contributed by atoms with Crippen molar-refractivity contribution < 1.29 is 9.53 Å². The lowest BCUT2D eigenvalue weighted by atomic mass is 9.66. The molecular formula is C15H31ClN2O2. The maximum atomic E-state index is 12.0. The van der Waals surface area contributed by atoms with Crippen LogP contribution < -0.4 is 11.1 Å². The largest absolute Gasteiger partial charge is 0.382 e. The molecule has 0 aliphatic heterocycles. The van der Waals surface area contributed by atoms with Crippen molar-refractivity contribution in [1.29, 1.82) is 0 Å². The van der Waals surface area contributed by atoms with Crippen LogP contribution in [0.15, 0.2) is 0 Å². The first-order chi connectivity index (χ1) is 8.81. The van der Waals surface area contributed by atoms with Crippen LogP contribution in [0.25, 0.3) is 0 Å². The minimum atomic E-state index is -0.448. The third-order valence-corrected chi connectivity index (χ3v) is 4.25. The van der Waals surface area contributed by atoms with Gasteiger partial charge in [0.2, 0.25) is 5.91 Å². The minimum absolute atomic E-state index is 0. The second kappa shape index (κ2) is 8.20. The van der Waals surface area contributed by atoms with E-state index in [0.29, 0.717) is 0 Å². The van der Waals surface area contributed by atoms with Gasteiger partial charge in [-0.15, -0.1) is 12.4 Å². The number of nitrogens with two attached hydrogens (primary N) is 1. The lowest BCUT2D eigenvalue weighted by Crippen LogP contribution is -2.52. The lowest BCUT2D eigenvalue weighted by molar-refractivity contribution is -0.125. The van der Waals surface area contributed by atoms with Crippen LogP contribution >= 0.6 is 12.4 Å². The van der Waals surface area contributed by atoms with Crippen LogP contribution in [0.1, 0.15) is 53.4 Å². The fourth-order valence-corrected chi connectivity index (χ4v) is 2.40. The Bertz CT molecular complexity index is 299. The van der Waals surface area contributed by atoms with Crippen LogP contribution in [0.2, 0.25) is 0 Å². The highest BCUT2D eigenvalue weighted by Crippen LogP contribution is 2.43. The summed E-state index contributed by atoms with van der Waals surface area (Å²) in [6, 6.07) is -0.448. The summed E-state index contributed by atoms with van der Waals surface area (Å²) in [7, 11) is 0. The van der Waals surface area contributed by atoms with Crippen LogP contribution in [0.5, 0.6) is 0 Å². The molecule has 0 radical (unpaired) electrons. The van der Waals surface area contributed by atoms with E-state index >= 15 is 0 Å². The highest BCUT2D eigenvalue weighted by molar-refractivity contribution is 5.85. The number of rotatable bonds is 7. The number of hydrogen-bond acceptors (Lipinski definition) is 3. The molecule has 4 nitrogen and oxygen atoms in total. The van der Waals surface area contributed by atoms with Gasteiger partial charge in [-0.1, -0.05) is 27.2 Å². The molecule has 0 aromatic heterocycles. The van der Waals surface area contributed by atoms with Crippen LogP contribution in [0, 0.1) is 10.8 Å². The van der Waals surface area contributed by atoms with Crippen molar-refractivity contribution in [2.24, 2.45) is 16.6 Å². The van der Waals surface area contributed by atoms with E-state index in [0.717, 1.165) is 26.2 Å². The monoisotopic (exact) mass is 306 g/mol. The Morgan fingerprint density at radius 1 is 1.40 bits per heavy atom. The van der Waals surface area contributed by atoms with Crippen LogP contribution in [-0.4, -0.2) is 31.7 Å². The number of nitrogens with one attached hydrogen (secondary N) is 1. The van der Waals surface area contributed by atoms with Gasteiger partial charge in [0.1, 0.15) is 0 Å². The number of carbonyl (C=O) groups is 1. The molecule has 1 aliphatic rings. The number of amides is 1. The first kappa shape index (κ1) is 19.7. The molecule has 1 rings (SSSR count). The molecule has 0 unspecified atom stereocenters. The number of hydrogen-bond donors (Lipinski definition) is 2. The van der Waals surface area contributed by atoms with E-state index < -0.39 is 6.04 Å². The van der Waals surface area contributed by atoms with Gasteiger partial charge in [0.25, 0.3) is 0 Å². The van der Waals surface area contributed by atoms with Gasteiger partial charge in [-0.25, -0.2) is 0 Å². The molecule has 0 saturated heterocycles. The first-order valence-corrected chi connectivity index (χ1v) is 7.42. The van der Waals surface area contributed by atoms with Gasteiger partial charge in [-0.3, -0.25) is 4.79 Å². The van der Waals surface area contributed by atoms with Gasteiger partial charge in [-0.2, -0.15) is 0 Å². The Hall–Kier alpha value is -0.320. The standard InChI is InChI=1S/C15H30N2O2.ClH/c1-5-19-10-9-15(7-6-8-15)11-17-13(18)12(16)14(2,3)4;/h12H,5-11,16H2,1-4H3,(H,17,18);1H/t12-;/m1./s1. The summed E-state index contributed by atoms with van der Waals surface area (Å²) in [4.78, 5) is 12.0. The van der Waals surface area contributed by atoms with Gasteiger partial charge in [0.05, 0.1) is 6.04 Å². The maximum Gasteiger partial charge on any atom is 0.237 e. The fraction of sp³-hybridized carbons (Fsp3) is 0.933. The van der Waals surface area contributed by atoms with Crippen molar-refractivity contribution >= 4 is 18.3 Å². The molecule has 1 saturated carbocycles. The van der Waals surface area contributed by atoms with E-state index in [1.807, 2.05) is 27.7 Å². The first-order valence-electron chi connectivity index (χ1n) is 7.42. The summed E-state index contributed by atoms with van der Waals surface area (Å²) in [6.07, 6.45) is 4.66. The second-order valence-corrected chi connectivity index (χ2v) is 6.86. The molecular weight excluding hydrogens is 276 g/mol. The third kappa shape index (κ3) is 5.58. The number of ether oxygens (including phenoxy) is 1. The number of halogens is 1. The predicted octanol–water partition coefficient (Wildman–Crippen LogP) is 2.49. The van der Waals surface area contributed by atoms with Crippen molar-refractivity contribution in [3.8, 4) is 0 Å². The molecule has 3 N–H and O–H groups in total. The van der Waals surface area contributed by atoms with Crippen molar-refractivity contribution in [3.05, 3.63) is 0 Å². The average molecular weight is 307 g/mol. The summed E-state index contributed by atoms with van der Waals surface area (Å²) < 4.78 is 5.44. The Balaban J connectivity index is 0.00000361. The van der Waals surface area contributed by atoms with Crippen molar-refractivity contribution in [3.63, 3.8) is 0 Å². The summed E-state index contributed by atoms with van der Waals surface area (Å²) in [5.41, 5.74) is 6.03. The topological polar surface area (TPSA) is 64.3 Å². The molecule has 0 heterocycles. The normalized spacial score (nSPS) is 18.6. The fourth-order valence-electron chi connectivity index (χ4n) is 2.40. The maximum absolute atomic E-state index is 12.0. The van der Waals surface area contributed by atoms with E-state index in [-0.39, 0.29) is 29.1 Å². The quantitative estimate of drug-likeness (QED) is 0.710. The molecule has 1 amide bonds. The molecule has 0 aromatic carbocycles. The zero-order valence-corrected chi connectivity index (χ0v) is 14.1. The smallest absolute Gasteiger partial charge is 0.237 e. The Morgan fingerprint density at radius 2 is 2.00 bits per heavy atom. The van der Waals surface area contributed by atoms with E-state index in [1.165, 1.54) is 19.3 Å². The van der Waals surface area contributed by atoms with Gasteiger partial charge in [0.15, 0.2) is 0 Å². The molecule has 0 bridgehead atoms. The lowest BCUT2D eigenvalue weighted by Gasteiger charge is -2.42. The molecule has 120 valence electrons. The van der Waals surface area contributed by atoms with E-state index in [4.69, 9.17) is 10.5 Å². The Morgan fingerprint density at radius 3 is 2.40 bits per heavy atom. The van der Waals surface area contributed by atoms with Crippen molar-refractivity contribution in [2.75, 3.05) is 19.8 Å². The third-order valence-electron chi connectivity index (χ3n) is 4.25. The molecule has 0 aromatic rings. The highest BCUT2D eigenvalue weighted by Gasteiger charge is 2.37. The number of carbonyl (C=O) groups excluding carboxylic acids is 1. The van der Waals surface area contributed by atoms with E-state index in [2.05, 4.69) is 5.32 Å². The molecule has 1 aliphatic carbocycles. The van der Waals surface area contributed by atoms with E-state index in [1.54, 1.807) is 0 Å². The summed E-state index contributed by atoms with van der Waals surface area (Å²) in [5, 5.41) is 3.04.